The summed E-state index contributed by atoms with van der Waals surface area (Å²) in [7, 11) is 0. The van der Waals surface area contributed by atoms with Crippen LogP contribution in [0.2, 0.25) is 0 Å². The number of nitriles is 1. The number of phenolic OH excluding ortho intramolecular Hbond substituents is 1. The van der Waals surface area contributed by atoms with E-state index in [1.165, 1.54) is 0 Å². The molecule has 0 aromatic heterocycles. The Labute approximate surface area is 83.2 Å². The van der Waals surface area contributed by atoms with E-state index in [0.717, 1.165) is 0 Å². The Morgan fingerprint density at radius 3 is 2.62 bits per heavy atom. The summed E-state index contributed by atoms with van der Waals surface area (Å²) < 4.78 is 0. The molecule has 0 saturated carbocycles. The Morgan fingerprint density at radius 1 is 1.46 bits per heavy atom. The largest absolute Gasteiger partial charge is 0.508 e. The number of nitrogens with zero attached hydrogens (tertiary/aromatic N) is 1. The molecule has 3 N–H and O–H groups in total. The Bertz CT molecular complexity index is 309. The van der Waals surface area contributed by atoms with Crippen LogP contribution in [0, 0.1) is 11.3 Å². The maximum Gasteiger partial charge on any atom is 0.120 e. The molecule has 0 fully saturated rings. The van der Waals surface area contributed by atoms with Crippen molar-refractivity contribution < 1.29 is 5.11 Å². The van der Waals surface area contributed by atoms with Gasteiger partial charge in [0.15, 0.2) is 0 Å². The van der Waals surface area contributed by atoms with Gasteiger partial charge in [0.2, 0.25) is 0 Å². The van der Waals surface area contributed by atoms with E-state index >= 15 is 0 Å². The topological polar surface area (TPSA) is 70.0 Å². The summed E-state index contributed by atoms with van der Waals surface area (Å²) in [6.45, 7) is 0. The van der Waals surface area contributed by atoms with Crippen LogP contribution in [0.5, 0.6) is 5.75 Å². The van der Waals surface area contributed by atoms with Gasteiger partial charge >= 0.3 is 0 Å². The van der Waals surface area contributed by atoms with Crippen LogP contribution in [0.25, 0.3) is 0 Å². The number of hydrogen-bond donors (Lipinski definition) is 2. The second-order valence-corrected chi connectivity index (χ2v) is 2.53. The summed E-state index contributed by atoms with van der Waals surface area (Å²) in [4.78, 5) is 0. The molecule has 0 radical (unpaired) electrons. The monoisotopic (exact) mass is 198 g/mol. The predicted molar refractivity (Wildman–Crippen MR) is 52.5 cm³/mol. The highest BCUT2D eigenvalue weighted by Crippen LogP contribution is 2.23. The highest BCUT2D eigenvalue weighted by molar-refractivity contribution is 5.85. The zero-order valence-corrected chi connectivity index (χ0v) is 7.79. The highest BCUT2D eigenvalue weighted by Gasteiger charge is 2.08. The smallest absolute Gasteiger partial charge is 0.120 e. The lowest BCUT2D eigenvalue weighted by Crippen LogP contribution is -2.09. The van der Waals surface area contributed by atoms with E-state index in [2.05, 4.69) is 0 Å². The second kappa shape index (κ2) is 5.41. The molecule has 0 unspecified atom stereocenters. The van der Waals surface area contributed by atoms with Gasteiger partial charge in [0.05, 0.1) is 12.5 Å². The number of aromatic hydroxyl groups is 1. The molecule has 13 heavy (non-hydrogen) atoms. The molecule has 3 nitrogen and oxygen atoms in total. The number of benzene rings is 1. The van der Waals surface area contributed by atoms with Crippen LogP contribution >= 0.6 is 12.4 Å². The van der Waals surface area contributed by atoms with Crippen molar-refractivity contribution >= 4 is 12.4 Å². The number of phenols is 1. The van der Waals surface area contributed by atoms with E-state index in [4.69, 9.17) is 11.0 Å². The van der Waals surface area contributed by atoms with Crippen LogP contribution < -0.4 is 5.73 Å². The molecule has 0 aliphatic rings. The predicted octanol–water partition coefficient (Wildman–Crippen LogP) is 1.73. The Kier molecular flexibility index (Phi) is 4.90. The summed E-state index contributed by atoms with van der Waals surface area (Å²) in [5.74, 6) is 0.153. The Morgan fingerprint density at radius 2 is 2.08 bits per heavy atom. The first-order valence-corrected chi connectivity index (χ1v) is 3.66. The Balaban J connectivity index is 0.00000144. The third-order valence-corrected chi connectivity index (χ3v) is 1.65. The van der Waals surface area contributed by atoms with Gasteiger partial charge < -0.3 is 10.8 Å². The van der Waals surface area contributed by atoms with Crippen LogP contribution in [-0.2, 0) is 0 Å². The molecule has 0 bridgehead atoms. The first kappa shape index (κ1) is 11.8. The van der Waals surface area contributed by atoms with Gasteiger partial charge in [-0.1, -0.05) is 18.2 Å². The van der Waals surface area contributed by atoms with Crippen molar-refractivity contribution in [3.63, 3.8) is 0 Å². The molecule has 0 amide bonds. The standard InChI is InChI=1S/C9H10N2O.ClH/c10-6-5-8(11)7-3-1-2-4-9(7)12;/h1-4,8,12H,5,11H2;1H/t8-;/m0./s1. The van der Waals surface area contributed by atoms with Crippen molar-refractivity contribution in [2.45, 2.75) is 12.5 Å². The van der Waals surface area contributed by atoms with Gasteiger partial charge in [-0.05, 0) is 6.07 Å². The van der Waals surface area contributed by atoms with Gasteiger partial charge in [-0.2, -0.15) is 5.26 Å². The van der Waals surface area contributed by atoms with Crippen molar-refractivity contribution in [1.82, 2.24) is 0 Å². The normalized spacial score (nSPS) is 11.1. The summed E-state index contributed by atoms with van der Waals surface area (Å²) in [5.41, 5.74) is 6.25. The molecule has 1 aromatic rings. The number of hydrogen-bond acceptors (Lipinski definition) is 3. The first-order valence-electron chi connectivity index (χ1n) is 3.66. The van der Waals surface area contributed by atoms with Crippen molar-refractivity contribution in [3.8, 4) is 11.8 Å². The summed E-state index contributed by atoms with van der Waals surface area (Å²) in [6, 6.07) is 8.35. The fourth-order valence-corrected chi connectivity index (χ4v) is 1.01. The third-order valence-electron chi connectivity index (χ3n) is 1.65. The molecule has 1 rings (SSSR count). The van der Waals surface area contributed by atoms with Crippen LogP contribution in [0.4, 0.5) is 0 Å². The summed E-state index contributed by atoms with van der Waals surface area (Å²) >= 11 is 0. The lowest BCUT2D eigenvalue weighted by molar-refractivity contribution is 0.462. The van der Waals surface area contributed by atoms with Gasteiger partial charge in [0, 0.05) is 11.6 Å². The second-order valence-electron chi connectivity index (χ2n) is 2.53. The Hall–Kier alpha value is -1.24. The van der Waals surface area contributed by atoms with Gasteiger partial charge in [-0.25, -0.2) is 0 Å². The minimum absolute atomic E-state index is 0. The van der Waals surface area contributed by atoms with Crippen LogP contribution in [0.3, 0.4) is 0 Å². The van der Waals surface area contributed by atoms with Gasteiger partial charge in [-0.15, -0.1) is 12.4 Å². The minimum atomic E-state index is -0.392. The molecule has 0 spiro atoms. The van der Waals surface area contributed by atoms with Crippen molar-refractivity contribution in [2.24, 2.45) is 5.73 Å². The zero-order chi connectivity index (χ0) is 8.97. The van der Waals surface area contributed by atoms with Crippen LogP contribution in [0.15, 0.2) is 24.3 Å². The van der Waals surface area contributed by atoms with E-state index in [9.17, 15) is 5.11 Å². The molecular weight excluding hydrogens is 188 g/mol. The third kappa shape index (κ3) is 2.94. The van der Waals surface area contributed by atoms with E-state index in [1.807, 2.05) is 6.07 Å². The number of halogens is 1. The zero-order valence-electron chi connectivity index (χ0n) is 6.97. The highest BCUT2D eigenvalue weighted by atomic mass is 35.5. The van der Waals surface area contributed by atoms with Gasteiger partial charge in [-0.3, -0.25) is 0 Å². The lowest BCUT2D eigenvalue weighted by Gasteiger charge is -2.08. The number of rotatable bonds is 2. The average molecular weight is 199 g/mol. The minimum Gasteiger partial charge on any atom is -0.508 e. The maximum absolute atomic E-state index is 9.32. The molecule has 70 valence electrons. The molecule has 4 heteroatoms. The van der Waals surface area contributed by atoms with Crippen LogP contribution in [-0.4, -0.2) is 5.11 Å². The fourth-order valence-electron chi connectivity index (χ4n) is 1.01. The lowest BCUT2D eigenvalue weighted by atomic mass is 10.0. The van der Waals surface area contributed by atoms with Gasteiger partial charge in [0.25, 0.3) is 0 Å². The van der Waals surface area contributed by atoms with Gasteiger partial charge in [0.1, 0.15) is 5.75 Å². The summed E-state index contributed by atoms with van der Waals surface area (Å²) in [6.07, 6.45) is 0.220. The van der Waals surface area contributed by atoms with E-state index < -0.39 is 6.04 Å². The summed E-state index contributed by atoms with van der Waals surface area (Å²) in [5, 5.41) is 17.7. The molecule has 0 aliphatic carbocycles. The molecule has 0 aliphatic heterocycles. The van der Waals surface area contributed by atoms with E-state index in [1.54, 1.807) is 24.3 Å². The molecule has 1 aromatic carbocycles. The fraction of sp³-hybridized carbons (Fsp3) is 0.222. The average Bonchev–Trinajstić information content (AvgIpc) is 2.05. The molecular formula is C9H11ClN2O. The van der Waals surface area contributed by atoms with E-state index in [-0.39, 0.29) is 24.6 Å². The van der Waals surface area contributed by atoms with Crippen molar-refractivity contribution in [3.05, 3.63) is 29.8 Å². The van der Waals surface area contributed by atoms with Crippen molar-refractivity contribution in [1.29, 1.82) is 5.26 Å². The van der Waals surface area contributed by atoms with Crippen LogP contribution in [0.1, 0.15) is 18.0 Å². The first-order chi connectivity index (χ1) is 5.75. The molecule has 0 heterocycles. The maximum atomic E-state index is 9.32. The molecule has 1 atom stereocenters. The van der Waals surface area contributed by atoms with Crippen molar-refractivity contribution in [2.75, 3.05) is 0 Å². The number of para-hydroxylation sites is 1. The number of nitrogens with two attached hydrogens (primary N) is 1. The SMILES string of the molecule is Cl.N#CC[C@H](N)c1ccccc1O. The quantitative estimate of drug-likeness (QED) is 0.761. The van der Waals surface area contributed by atoms with E-state index in [0.29, 0.717) is 5.56 Å². The molecule has 0 saturated heterocycles.